The molecule has 5 heteroatoms. The van der Waals surface area contributed by atoms with E-state index in [9.17, 15) is 9.59 Å². The number of nitrogens with two attached hydrogens (primary N) is 1. The average molecular weight is 237 g/mol. The smallest absolute Gasteiger partial charge is 0.163 e. The van der Waals surface area contributed by atoms with Crippen LogP contribution in [-0.4, -0.2) is 26.3 Å². The summed E-state index contributed by atoms with van der Waals surface area (Å²) >= 11 is 0. The molecule has 0 fully saturated rings. The minimum Gasteiger partial charge on any atom is -0.493 e. The molecule has 0 bridgehead atoms. The van der Waals surface area contributed by atoms with Gasteiger partial charge in [-0.1, -0.05) is 0 Å². The largest absolute Gasteiger partial charge is 0.493 e. The van der Waals surface area contributed by atoms with Crippen LogP contribution in [0.3, 0.4) is 0 Å². The van der Waals surface area contributed by atoms with Crippen LogP contribution in [0.1, 0.15) is 23.2 Å². The van der Waals surface area contributed by atoms with Gasteiger partial charge in [-0.2, -0.15) is 0 Å². The Morgan fingerprint density at radius 3 is 2.65 bits per heavy atom. The van der Waals surface area contributed by atoms with Crippen LogP contribution in [0.4, 0.5) is 5.69 Å². The van der Waals surface area contributed by atoms with Gasteiger partial charge >= 0.3 is 0 Å². The number of carbonyl (C=O) groups is 2. The van der Waals surface area contributed by atoms with Crippen molar-refractivity contribution in [1.82, 2.24) is 0 Å². The van der Waals surface area contributed by atoms with Gasteiger partial charge in [-0.3, -0.25) is 4.79 Å². The van der Waals surface area contributed by atoms with E-state index in [1.807, 2.05) is 0 Å². The molecular weight excluding hydrogens is 222 g/mol. The summed E-state index contributed by atoms with van der Waals surface area (Å²) < 4.78 is 10.5. The number of anilines is 1. The van der Waals surface area contributed by atoms with E-state index < -0.39 is 0 Å². The zero-order chi connectivity index (χ0) is 12.7. The number of methoxy groups -OCH3 is 1. The number of hydrogen-bond donors (Lipinski definition) is 1. The second kappa shape index (κ2) is 6.52. The first kappa shape index (κ1) is 13.0. The lowest BCUT2D eigenvalue weighted by Gasteiger charge is -2.12. The van der Waals surface area contributed by atoms with E-state index in [-0.39, 0.29) is 0 Å². The third kappa shape index (κ3) is 3.48. The number of hydrogen-bond acceptors (Lipinski definition) is 5. The zero-order valence-electron chi connectivity index (χ0n) is 9.64. The number of ether oxygens (including phenoxy) is 2. The van der Waals surface area contributed by atoms with Gasteiger partial charge in [-0.05, 0) is 12.5 Å². The number of unbranched alkanes of at least 4 members (excludes halogenated alkanes) is 1. The molecule has 0 atom stereocenters. The van der Waals surface area contributed by atoms with Crippen LogP contribution in [0.2, 0.25) is 0 Å². The van der Waals surface area contributed by atoms with Crippen LogP contribution in [0.5, 0.6) is 11.5 Å². The quantitative estimate of drug-likeness (QED) is 0.441. The van der Waals surface area contributed by atoms with E-state index >= 15 is 0 Å². The highest BCUT2D eigenvalue weighted by Gasteiger charge is 2.09. The molecule has 0 saturated carbocycles. The molecule has 1 rings (SSSR count). The summed E-state index contributed by atoms with van der Waals surface area (Å²) in [6.07, 6.45) is 2.57. The number of nitrogen functional groups attached to an aromatic ring is 1. The van der Waals surface area contributed by atoms with Crippen molar-refractivity contribution in [2.45, 2.75) is 12.8 Å². The number of rotatable bonds is 7. The Labute approximate surface area is 99.5 Å². The molecular formula is C12H15NO4. The molecule has 0 saturated heterocycles. The van der Waals surface area contributed by atoms with Gasteiger partial charge < -0.3 is 20.0 Å². The van der Waals surface area contributed by atoms with Crippen LogP contribution in [0.15, 0.2) is 12.1 Å². The highest BCUT2D eigenvalue weighted by molar-refractivity contribution is 5.85. The van der Waals surface area contributed by atoms with Gasteiger partial charge in [0.15, 0.2) is 17.8 Å². The highest BCUT2D eigenvalue weighted by Crippen LogP contribution is 2.31. The topological polar surface area (TPSA) is 78.6 Å². The maximum absolute atomic E-state index is 10.7. The SMILES string of the molecule is COc1cc(C=O)c(N)cc1OCCCC=O. The summed E-state index contributed by atoms with van der Waals surface area (Å²) in [6, 6.07) is 3.07. The van der Waals surface area contributed by atoms with Gasteiger partial charge in [0.05, 0.1) is 13.7 Å². The number of benzene rings is 1. The maximum atomic E-state index is 10.7. The Morgan fingerprint density at radius 2 is 2.06 bits per heavy atom. The second-order valence-corrected chi connectivity index (χ2v) is 3.41. The molecule has 0 aromatic heterocycles. The monoisotopic (exact) mass is 237 g/mol. The van der Waals surface area contributed by atoms with Gasteiger partial charge in [0.2, 0.25) is 0 Å². The Kier molecular flexibility index (Phi) is 5.00. The Hall–Kier alpha value is -2.04. The predicted molar refractivity (Wildman–Crippen MR) is 63.6 cm³/mol. The molecule has 0 radical (unpaired) electrons. The van der Waals surface area contributed by atoms with Crippen molar-refractivity contribution in [2.24, 2.45) is 0 Å². The van der Waals surface area contributed by atoms with Crippen LogP contribution in [-0.2, 0) is 4.79 Å². The molecule has 17 heavy (non-hydrogen) atoms. The first-order chi connectivity index (χ1) is 8.22. The van der Waals surface area contributed by atoms with Gasteiger partial charge in [0.25, 0.3) is 0 Å². The summed E-state index contributed by atoms with van der Waals surface area (Å²) in [6.45, 7) is 0.398. The van der Waals surface area contributed by atoms with Gasteiger partial charge in [0, 0.05) is 23.7 Å². The fraction of sp³-hybridized carbons (Fsp3) is 0.333. The lowest BCUT2D eigenvalue weighted by atomic mass is 10.2. The van der Waals surface area contributed by atoms with E-state index in [2.05, 4.69) is 0 Å². The third-order valence-corrected chi connectivity index (χ3v) is 2.22. The van der Waals surface area contributed by atoms with Crippen LogP contribution >= 0.6 is 0 Å². The Bertz CT molecular complexity index is 404. The number of carbonyl (C=O) groups excluding carboxylic acids is 2. The minimum absolute atomic E-state index is 0.339. The predicted octanol–water partition coefficient (Wildman–Crippen LogP) is 1.45. The Morgan fingerprint density at radius 1 is 1.29 bits per heavy atom. The molecule has 0 unspecified atom stereocenters. The summed E-state index contributed by atoms with van der Waals surface area (Å²) in [5, 5.41) is 0. The van der Waals surface area contributed by atoms with E-state index in [4.69, 9.17) is 15.2 Å². The molecule has 1 aromatic carbocycles. The van der Waals surface area contributed by atoms with Crippen molar-refractivity contribution < 1.29 is 19.1 Å². The normalized spacial score (nSPS) is 9.71. The van der Waals surface area contributed by atoms with E-state index in [1.54, 1.807) is 6.07 Å². The van der Waals surface area contributed by atoms with E-state index in [0.717, 1.165) is 6.29 Å². The summed E-state index contributed by atoms with van der Waals surface area (Å²) in [5.74, 6) is 0.925. The molecule has 2 N–H and O–H groups in total. The van der Waals surface area contributed by atoms with Gasteiger partial charge in [-0.15, -0.1) is 0 Å². The molecule has 1 aromatic rings. The van der Waals surface area contributed by atoms with Crippen molar-refractivity contribution in [3.05, 3.63) is 17.7 Å². The molecule has 0 heterocycles. The maximum Gasteiger partial charge on any atom is 0.163 e. The van der Waals surface area contributed by atoms with Gasteiger partial charge in [-0.25, -0.2) is 0 Å². The summed E-state index contributed by atoms with van der Waals surface area (Å²) in [5.41, 5.74) is 6.37. The molecule has 92 valence electrons. The fourth-order valence-electron chi connectivity index (χ4n) is 1.31. The molecule has 0 aliphatic carbocycles. The molecule has 5 nitrogen and oxygen atoms in total. The van der Waals surface area contributed by atoms with Crippen molar-refractivity contribution in [3.8, 4) is 11.5 Å². The summed E-state index contributed by atoms with van der Waals surface area (Å²) in [7, 11) is 1.48. The zero-order valence-corrected chi connectivity index (χ0v) is 9.64. The standard InChI is InChI=1S/C12H15NO4/c1-16-11-6-9(8-15)10(13)7-12(11)17-5-3-2-4-14/h4,6-8H,2-3,5,13H2,1H3. The number of aldehydes is 2. The average Bonchev–Trinajstić information content (AvgIpc) is 2.35. The highest BCUT2D eigenvalue weighted by atomic mass is 16.5. The molecule has 0 aliphatic heterocycles. The first-order valence-electron chi connectivity index (χ1n) is 5.22. The van der Waals surface area contributed by atoms with Crippen molar-refractivity contribution >= 4 is 18.3 Å². The lowest BCUT2D eigenvalue weighted by Crippen LogP contribution is -2.02. The Balaban J connectivity index is 2.79. The van der Waals surface area contributed by atoms with Crippen LogP contribution in [0.25, 0.3) is 0 Å². The van der Waals surface area contributed by atoms with Crippen molar-refractivity contribution in [2.75, 3.05) is 19.5 Å². The van der Waals surface area contributed by atoms with Crippen molar-refractivity contribution in [1.29, 1.82) is 0 Å². The second-order valence-electron chi connectivity index (χ2n) is 3.41. The molecule has 0 aliphatic rings. The van der Waals surface area contributed by atoms with Crippen LogP contribution < -0.4 is 15.2 Å². The minimum atomic E-state index is 0.339. The van der Waals surface area contributed by atoms with Crippen LogP contribution in [0, 0.1) is 0 Å². The molecule has 0 spiro atoms. The summed E-state index contributed by atoms with van der Waals surface area (Å²) in [4.78, 5) is 20.8. The van der Waals surface area contributed by atoms with Crippen molar-refractivity contribution in [3.63, 3.8) is 0 Å². The lowest BCUT2D eigenvalue weighted by molar-refractivity contribution is -0.108. The fourth-order valence-corrected chi connectivity index (χ4v) is 1.31. The van der Waals surface area contributed by atoms with Gasteiger partial charge in [0.1, 0.15) is 6.29 Å². The third-order valence-electron chi connectivity index (χ3n) is 2.22. The van der Waals surface area contributed by atoms with E-state index in [0.29, 0.717) is 48.5 Å². The molecule has 0 amide bonds. The first-order valence-corrected chi connectivity index (χ1v) is 5.22. The van der Waals surface area contributed by atoms with E-state index in [1.165, 1.54) is 13.2 Å².